The molecule has 80 valence electrons. The van der Waals surface area contributed by atoms with Crippen molar-refractivity contribution in [1.82, 2.24) is 0 Å². The molecule has 1 fully saturated rings. The van der Waals surface area contributed by atoms with E-state index in [-0.39, 0.29) is 5.02 Å². The molecule has 1 aromatic rings. The molecule has 2 rings (SSSR count). The van der Waals surface area contributed by atoms with Crippen LogP contribution in [0, 0.1) is 5.82 Å². The first kappa shape index (κ1) is 10.2. The minimum atomic E-state index is -0.462. The topological polar surface area (TPSA) is 29.5 Å². The quantitative estimate of drug-likeness (QED) is 0.741. The molecule has 1 amide bonds. The van der Waals surface area contributed by atoms with E-state index >= 15 is 0 Å². The van der Waals surface area contributed by atoms with Crippen molar-refractivity contribution in [2.45, 2.75) is 6.42 Å². The zero-order valence-corrected chi connectivity index (χ0v) is 8.63. The second kappa shape index (κ2) is 4.06. The van der Waals surface area contributed by atoms with E-state index in [1.54, 1.807) is 0 Å². The van der Waals surface area contributed by atoms with Crippen LogP contribution >= 0.6 is 11.6 Å². The summed E-state index contributed by atoms with van der Waals surface area (Å²) < 4.78 is 17.9. The lowest BCUT2D eigenvalue weighted by Gasteiger charge is -2.26. The summed E-state index contributed by atoms with van der Waals surface area (Å²) in [6, 6.07) is 4.00. The van der Waals surface area contributed by atoms with Crippen molar-refractivity contribution in [3.63, 3.8) is 0 Å². The fourth-order valence-corrected chi connectivity index (χ4v) is 1.70. The number of carbonyl (C=O) groups excluding carboxylic acids is 1. The monoisotopic (exact) mass is 229 g/mol. The summed E-state index contributed by atoms with van der Waals surface area (Å²) in [5.41, 5.74) is 0.435. The van der Waals surface area contributed by atoms with Gasteiger partial charge in [0.25, 0.3) is 0 Å². The van der Waals surface area contributed by atoms with Gasteiger partial charge in [-0.15, -0.1) is 0 Å². The van der Waals surface area contributed by atoms with Crippen LogP contribution < -0.4 is 4.90 Å². The van der Waals surface area contributed by atoms with Gasteiger partial charge in [0.15, 0.2) is 0 Å². The van der Waals surface area contributed by atoms with Gasteiger partial charge in [0.2, 0.25) is 0 Å². The minimum Gasteiger partial charge on any atom is -0.449 e. The fourth-order valence-electron chi connectivity index (χ4n) is 1.48. The molecule has 1 aromatic carbocycles. The summed E-state index contributed by atoms with van der Waals surface area (Å²) in [5, 5.41) is 0.267. The summed E-state index contributed by atoms with van der Waals surface area (Å²) in [5.74, 6) is -0.462. The number of hydrogen-bond acceptors (Lipinski definition) is 2. The van der Waals surface area contributed by atoms with Gasteiger partial charge in [-0.25, -0.2) is 9.18 Å². The Labute approximate surface area is 91.4 Å². The summed E-state index contributed by atoms with van der Waals surface area (Å²) >= 11 is 5.70. The molecular formula is C10H9ClFNO2. The lowest BCUT2D eigenvalue weighted by molar-refractivity contribution is 0.140. The Morgan fingerprint density at radius 1 is 1.40 bits per heavy atom. The Morgan fingerprint density at radius 2 is 2.20 bits per heavy atom. The Kier molecular flexibility index (Phi) is 2.77. The summed E-state index contributed by atoms with van der Waals surface area (Å²) in [6.07, 6.45) is 0.280. The van der Waals surface area contributed by atoms with Crippen LogP contribution in [0.3, 0.4) is 0 Å². The van der Waals surface area contributed by atoms with Crippen LogP contribution in [0.25, 0.3) is 0 Å². The first-order valence-electron chi connectivity index (χ1n) is 4.57. The Morgan fingerprint density at radius 3 is 2.87 bits per heavy atom. The third kappa shape index (κ3) is 2.21. The minimum absolute atomic E-state index is 0.267. The number of halogens is 2. The smallest absolute Gasteiger partial charge is 0.414 e. The van der Waals surface area contributed by atoms with E-state index in [0.717, 1.165) is 6.42 Å². The molecule has 0 unspecified atom stereocenters. The SMILES string of the molecule is O=C1OCCCN1c1cc(F)cc(Cl)c1. The van der Waals surface area contributed by atoms with E-state index < -0.39 is 11.9 Å². The molecule has 5 heteroatoms. The highest BCUT2D eigenvalue weighted by Gasteiger charge is 2.21. The predicted molar refractivity (Wildman–Crippen MR) is 54.7 cm³/mol. The molecule has 0 bridgehead atoms. The average molecular weight is 230 g/mol. The van der Waals surface area contributed by atoms with E-state index in [9.17, 15) is 9.18 Å². The van der Waals surface area contributed by atoms with Gasteiger partial charge in [-0.1, -0.05) is 11.6 Å². The van der Waals surface area contributed by atoms with E-state index in [1.807, 2.05) is 0 Å². The summed E-state index contributed by atoms with van der Waals surface area (Å²) in [7, 11) is 0. The van der Waals surface area contributed by atoms with Crippen molar-refractivity contribution >= 4 is 23.4 Å². The number of hydrogen-bond donors (Lipinski definition) is 0. The van der Waals surface area contributed by atoms with E-state index in [1.165, 1.54) is 23.1 Å². The zero-order chi connectivity index (χ0) is 10.8. The van der Waals surface area contributed by atoms with Gasteiger partial charge in [-0.2, -0.15) is 0 Å². The normalized spacial score (nSPS) is 16.4. The van der Waals surface area contributed by atoms with Crippen molar-refractivity contribution in [3.8, 4) is 0 Å². The summed E-state index contributed by atoms with van der Waals surface area (Å²) in [4.78, 5) is 12.7. The Bertz CT molecular complexity index is 377. The number of amides is 1. The number of cyclic esters (lactones) is 1. The van der Waals surface area contributed by atoms with Gasteiger partial charge < -0.3 is 4.74 Å². The number of carbonyl (C=O) groups is 1. The van der Waals surface area contributed by atoms with Crippen LogP contribution in [0.4, 0.5) is 14.9 Å². The Balaban J connectivity index is 2.31. The number of nitrogens with zero attached hydrogens (tertiary/aromatic N) is 1. The second-order valence-corrected chi connectivity index (χ2v) is 3.68. The maximum atomic E-state index is 13.0. The fraction of sp³-hybridized carbons (Fsp3) is 0.300. The predicted octanol–water partition coefficient (Wildman–Crippen LogP) is 2.83. The molecule has 1 aliphatic heterocycles. The molecule has 0 aromatic heterocycles. The average Bonchev–Trinajstić information content (AvgIpc) is 2.16. The second-order valence-electron chi connectivity index (χ2n) is 3.25. The molecule has 1 aliphatic rings. The highest BCUT2D eigenvalue weighted by molar-refractivity contribution is 6.30. The summed E-state index contributed by atoms with van der Waals surface area (Å²) in [6.45, 7) is 0.941. The molecule has 0 spiro atoms. The lowest BCUT2D eigenvalue weighted by atomic mass is 10.2. The van der Waals surface area contributed by atoms with Crippen molar-refractivity contribution in [3.05, 3.63) is 29.0 Å². The van der Waals surface area contributed by atoms with Gasteiger partial charge in [0, 0.05) is 11.6 Å². The van der Waals surface area contributed by atoms with E-state index in [2.05, 4.69) is 0 Å². The molecule has 0 atom stereocenters. The molecule has 0 saturated carbocycles. The molecule has 3 nitrogen and oxygen atoms in total. The first-order valence-corrected chi connectivity index (χ1v) is 4.95. The molecule has 15 heavy (non-hydrogen) atoms. The van der Waals surface area contributed by atoms with Gasteiger partial charge in [0.1, 0.15) is 5.82 Å². The highest BCUT2D eigenvalue weighted by Crippen LogP contribution is 2.24. The standard InChI is InChI=1S/C10H9ClFNO2/c11-7-4-8(12)6-9(5-7)13-2-1-3-15-10(13)14/h4-6H,1-3H2. The van der Waals surface area contributed by atoms with Gasteiger partial charge in [-0.05, 0) is 24.6 Å². The number of anilines is 1. The largest absolute Gasteiger partial charge is 0.449 e. The molecule has 0 N–H and O–H groups in total. The van der Waals surface area contributed by atoms with Crippen LogP contribution in [0.15, 0.2) is 18.2 Å². The lowest BCUT2D eigenvalue weighted by Crippen LogP contribution is -2.37. The van der Waals surface area contributed by atoms with Crippen molar-refractivity contribution in [2.24, 2.45) is 0 Å². The molecule has 0 aliphatic carbocycles. The highest BCUT2D eigenvalue weighted by atomic mass is 35.5. The van der Waals surface area contributed by atoms with Crippen LogP contribution in [-0.2, 0) is 4.74 Å². The first-order chi connectivity index (χ1) is 7.16. The van der Waals surface area contributed by atoms with Gasteiger partial charge in [0.05, 0.1) is 12.3 Å². The molecule has 0 radical (unpaired) electrons. The molecular weight excluding hydrogens is 221 g/mol. The Hall–Kier alpha value is -1.29. The van der Waals surface area contributed by atoms with E-state index in [4.69, 9.17) is 16.3 Å². The van der Waals surface area contributed by atoms with Gasteiger partial charge >= 0.3 is 6.09 Å². The van der Waals surface area contributed by atoms with Crippen molar-refractivity contribution in [2.75, 3.05) is 18.1 Å². The molecule has 1 heterocycles. The maximum Gasteiger partial charge on any atom is 0.414 e. The van der Waals surface area contributed by atoms with Crippen molar-refractivity contribution in [1.29, 1.82) is 0 Å². The maximum absolute atomic E-state index is 13.0. The number of rotatable bonds is 1. The third-order valence-electron chi connectivity index (χ3n) is 2.13. The van der Waals surface area contributed by atoms with E-state index in [0.29, 0.717) is 18.8 Å². The van der Waals surface area contributed by atoms with Crippen molar-refractivity contribution < 1.29 is 13.9 Å². The third-order valence-corrected chi connectivity index (χ3v) is 2.35. The van der Waals surface area contributed by atoms with Gasteiger partial charge in [-0.3, -0.25) is 4.90 Å². The van der Waals surface area contributed by atoms with Crippen LogP contribution in [0.5, 0.6) is 0 Å². The zero-order valence-electron chi connectivity index (χ0n) is 7.87. The molecule has 1 saturated heterocycles. The van der Waals surface area contributed by atoms with Crippen LogP contribution in [-0.4, -0.2) is 19.2 Å². The van der Waals surface area contributed by atoms with Crippen LogP contribution in [0.1, 0.15) is 6.42 Å². The van der Waals surface area contributed by atoms with Crippen LogP contribution in [0.2, 0.25) is 5.02 Å². The number of ether oxygens (including phenoxy) is 1. The number of benzene rings is 1.